The Labute approximate surface area is 118 Å². The largest absolute Gasteiger partial charge is 0.366 e. The summed E-state index contributed by atoms with van der Waals surface area (Å²) in [6.07, 6.45) is 5.55. The van der Waals surface area contributed by atoms with Crippen LogP contribution in [0.5, 0.6) is 0 Å². The van der Waals surface area contributed by atoms with Gasteiger partial charge in [0.1, 0.15) is 18.0 Å². The summed E-state index contributed by atoms with van der Waals surface area (Å²) in [5, 5.41) is 11.8. The maximum atomic E-state index is 8.60. The molecule has 0 fully saturated rings. The number of nitriles is 1. The Morgan fingerprint density at radius 3 is 3.05 bits per heavy atom. The minimum Gasteiger partial charge on any atom is -0.366 e. The first-order chi connectivity index (χ1) is 9.79. The van der Waals surface area contributed by atoms with Gasteiger partial charge in [0, 0.05) is 38.6 Å². The van der Waals surface area contributed by atoms with Crippen molar-refractivity contribution in [2.75, 3.05) is 23.8 Å². The van der Waals surface area contributed by atoms with Crippen LogP contribution in [-0.4, -0.2) is 28.5 Å². The molecule has 0 unspecified atom stereocenters. The molecule has 0 atom stereocenters. The van der Waals surface area contributed by atoms with Crippen molar-refractivity contribution < 1.29 is 0 Å². The van der Waals surface area contributed by atoms with Crippen molar-refractivity contribution in [3.63, 3.8) is 0 Å². The molecule has 1 N–H and O–H groups in total. The number of hydrogen-bond acceptors (Lipinski definition) is 6. The Hall–Kier alpha value is -2.68. The summed E-state index contributed by atoms with van der Waals surface area (Å²) in [5.74, 6) is 1.55. The van der Waals surface area contributed by atoms with Crippen molar-refractivity contribution in [2.45, 2.75) is 13.0 Å². The molecule has 2 aromatic rings. The molecule has 0 aliphatic heterocycles. The smallest absolute Gasteiger partial charge is 0.133 e. The van der Waals surface area contributed by atoms with Gasteiger partial charge in [-0.2, -0.15) is 5.26 Å². The van der Waals surface area contributed by atoms with Crippen molar-refractivity contribution in [1.82, 2.24) is 15.0 Å². The summed E-state index contributed by atoms with van der Waals surface area (Å²) in [6.45, 7) is 1.31. The van der Waals surface area contributed by atoms with E-state index in [1.807, 2.05) is 36.3 Å². The predicted octanol–water partition coefficient (Wildman–Crippen LogP) is 1.83. The van der Waals surface area contributed by atoms with E-state index >= 15 is 0 Å². The van der Waals surface area contributed by atoms with Crippen LogP contribution < -0.4 is 10.2 Å². The molecule has 0 amide bonds. The molecule has 6 heteroatoms. The topological polar surface area (TPSA) is 77.7 Å². The molecular formula is C14H16N6. The lowest BCUT2D eigenvalue weighted by Gasteiger charge is -2.16. The second kappa shape index (κ2) is 7.04. The van der Waals surface area contributed by atoms with E-state index in [1.165, 1.54) is 6.33 Å². The summed E-state index contributed by atoms with van der Waals surface area (Å²) >= 11 is 0. The average Bonchev–Trinajstić information content (AvgIpc) is 2.52. The van der Waals surface area contributed by atoms with E-state index in [4.69, 9.17) is 5.26 Å². The molecule has 0 spiro atoms. The summed E-state index contributed by atoms with van der Waals surface area (Å²) in [4.78, 5) is 14.4. The third-order valence-corrected chi connectivity index (χ3v) is 2.80. The molecule has 0 aromatic carbocycles. The van der Waals surface area contributed by atoms with Crippen LogP contribution in [0.15, 0.2) is 36.9 Å². The Morgan fingerprint density at radius 1 is 1.40 bits per heavy atom. The van der Waals surface area contributed by atoms with Crippen LogP contribution in [0.2, 0.25) is 0 Å². The number of pyridine rings is 1. The molecular weight excluding hydrogens is 252 g/mol. The third-order valence-electron chi connectivity index (χ3n) is 2.80. The van der Waals surface area contributed by atoms with Crippen molar-refractivity contribution in [2.24, 2.45) is 0 Å². The van der Waals surface area contributed by atoms with Gasteiger partial charge < -0.3 is 10.2 Å². The van der Waals surface area contributed by atoms with Crippen molar-refractivity contribution in [1.29, 1.82) is 5.26 Å². The van der Waals surface area contributed by atoms with E-state index in [0.717, 1.165) is 17.2 Å². The number of rotatable bonds is 6. The fourth-order valence-corrected chi connectivity index (χ4v) is 1.68. The molecule has 0 bridgehead atoms. The molecule has 0 saturated heterocycles. The Bertz CT molecular complexity index is 578. The third kappa shape index (κ3) is 3.92. The standard InChI is InChI=1S/C14H16N6/c1-20(7-3-5-15)14-8-13(18-11-19-14)17-10-12-4-2-6-16-9-12/h2,4,6,8-9,11H,3,7,10H2,1H3,(H,17,18,19). The maximum absolute atomic E-state index is 8.60. The minimum absolute atomic E-state index is 0.471. The van der Waals surface area contributed by atoms with Gasteiger partial charge in [-0.15, -0.1) is 0 Å². The predicted molar refractivity (Wildman–Crippen MR) is 77.1 cm³/mol. The highest BCUT2D eigenvalue weighted by Crippen LogP contribution is 2.13. The fraction of sp³-hybridized carbons (Fsp3) is 0.286. The number of anilines is 2. The lowest BCUT2D eigenvalue weighted by molar-refractivity contribution is 0.878. The van der Waals surface area contributed by atoms with Gasteiger partial charge in [0.2, 0.25) is 0 Å². The van der Waals surface area contributed by atoms with Crippen LogP contribution in [0.4, 0.5) is 11.6 Å². The van der Waals surface area contributed by atoms with Crippen LogP contribution in [0.25, 0.3) is 0 Å². The number of aromatic nitrogens is 3. The first-order valence-electron chi connectivity index (χ1n) is 6.32. The van der Waals surface area contributed by atoms with E-state index in [0.29, 0.717) is 19.5 Å². The van der Waals surface area contributed by atoms with Gasteiger partial charge in [0.25, 0.3) is 0 Å². The van der Waals surface area contributed by atoms with Gasteiger partial charge in [-0.25, -0.2) is 9.97 Å². The van der Waals surface area contributed by atoms with E-state index in [-0.39, 0.29) is 0 Å². The molecule has 0 aliphatic carbocycles. The summed E-state index contributed by atoms with van der Waals surface area (Å²) < 4.78 is 0. The highest BCUT2D eigenvalue weighted by molar-refractivity contribution is 5.48. The summed E-state index contributed by atoms with van der Waals surface area (Å²) in [6, 6.07) is 7.89. The zero-order chi connectivity index (χ0) is 14.2. The normalized spacial score (nSPS) is 9.80. The fourth-order valence-electron chi connectivity index (χ4n) is 1.68. The lowest BCUT2D eigenvalue weighted by Crippen LogP contribution is -2.19. The highest BCUT2D eigenvalue weighted by Gasteiger charge is 2.04. The first kappa shape index (κ1) is 13.7. The molecule has 0 saturated carbocycles. The van der Waals surface area contributed by atoms with E-state index < -0.39 is 0 Å². The maximum Gasteiger partial charge on any atom is 0.133 e. The number of nitrogens with one attached hydrogen (secondary N) is 1. The van der Waals surface area contributed by atoms with Gasteiger partial charge in [-0.3, -0.25) is 4.98 Å². The van der Waals surface area contributed by atoms with Crippen molar-refractivity contribution >= 4 is 11.6 Å². The lowest BCUT2D eigenvalue weighted by atomic mass is 10.3. The molecule has 20 heavy (non-hydrogen) atoms. The zero-order valence-corrected chi connectivity index (χ0v) is 11.3. The monoisotopic (exact) mass is 268 g/mol. The number of nitrogens with zero attached hydrogens (tertiary/aromatic N) is 5. The van der Waals surface area contributed by atoms with Crippen LogP contribution in [0.1, 0.15) is 12.0 Å². The quantitative estimate of drug-likeness (QED) is 0.861. The van der Waals surface area contributed by atoms with Crippen LogP contribution in [-0.2, 0) is 6.54 Å². The zero-order valence-electron chi connectivity index (χ0n) is 11.3. The first-order valence-corrected chi connectivity index (χ1v) is 6.32. The number of hydrogen-bond donors (Lipinski definition) is 1. The highest BCUT2D eigenvalue weighted by atomic mass is 15.2. The summed E-state index contributed by atoms with van der Waals surface area (Å²) in [5.41, 5.74) is 1.09. The SMILES string of the molecule is CN(CCC#N)c1cc(NCc2cccnc2)ncn1. The molecule has 0 aliphatic rings. The molecule has 2 heterocycles. The second-order valence-electron chi connectivity index (χ2n) is 4.31. The Morgan fingerprint density at radius 2 is 2.30 bits per heavy atom. The Kier molecular flexibility index (Phi) is 4.84. The molecule has 102 valence electrons. The van der Waals surface area contributed by atoms with Crippen LogP contribution in [0.3, 0.4) is 0 Å². The van der Waals surface area contributed by atoms with Crippen molar-refractivity contribution in [3.8, 4) is 6.07 Å². The van der Waals surface area contributed by atoms with Gasteiger partial charge in [0.05, 0.1) is 12.5 Å². The molecule has 2 aromatic heterocycles. The van der Waals surface area contributed by atoms with E-state index in [9.17, 15) is 0 Å². The van der Waals surface area contributed by atoms with Gasteiger partial charge in [0.15, 0.2) is 0 Å². The molecule has 6 nitrogen and oxygen atoms in total. The Balaban J connectivity index is 1.97. The average molecular weight is 268 g/mol. The van der Waals surface area contributed by atoms with Gasteiger partial charge in [-0.05, 0) is 11.6 Å². The van der Waals surface area contributed by atoms with E-state index in [1.54, 1.807) is 6.20 Å². The van der Waals surface area contributed by atoms with Crippen molar-refractivity contribution in [3.05, 3.63) is 42.5 Å². The van der Waals surface area contributed by atoms with Gasteiger partial charge >= 0.3 is 0 Å². The summed E-state index contributed by atoms with van der Waals surface area (Å²) in [7, 11) is 1.91. The van der Waals surface area contributed by atoms with Crippen LogP contribution in [0, 0.1) is 11.3 Å². The second-order valence-corrected chi connectivity index (χ2v) is 4.31. The van der Waals surface area contributed by atoms with Crippen LogP contribution >= 0.6 is 0 Å². The molecule has 2 rings (SSSR count). The minimum atomic E-state index is 0.471. The van der Waals surface area contributed by atoms with Gasteiger partial charge in [-0.1, -0.05) is 6.07 Å². The van der Waals surface area contributed by atoms with E-state index in [2.05, 4.69) is 26.3 Å². The molecule has 0 radical (unpaired) electrons.